The van der Waals surface area contributed by atoms with Gasteiger partial charge in [0.25, 0.3) is 5.91 Å². The van der Waals surface area contributed by atoms with Crippen molar-refractivity contribution in [3.8, 4) is 0 Å². The van der Waals surface area contributed by atoms with Crippen molar-refractivity contribution in [2.24, 2.45) is 11.3 Å². The Hall–Kier alpha value is -1.36. The van der Waals surface area contributed by atoms with Gasteiger partial charge in [-0.2, -0.15) is 11.3 Å². The van der Waals surface area contributed by atoms with E-state index in [1.165, 1.54) is 11.3 Å². The molecule has 1 aromatic rings. The smallest absolute Gasteiger partial charge is 0.314 e. The third-order valence-corrected chi connectivity index (χ3v) is 4.83. The Labute approximate surface area is 123 Å². The first-order valence-electron chi connectivity index (χ1n) is 7.00. The minimum absolute atomic E-state index is 0.0121. The van der Waals surface area contributed by atoms with E-state index in [2.05, 4.69) is 0 Å². The number of esters is 1. The summed E-state index contributed by atoms with van der Waals surface area (Å²) in [5, 5.41) is 3.74. The van der Waals surface area contributed by atoms with Crippen molar-refractivity contribution in [3.05, 3.63) is 22.4 Å². The maximum absolute atomic E-state index is 12.4. The third-order valence-electron chi connectivity index (χ3n) is 4.14. The molecule has 1 saturated heterocycles. The molecule has 1 aliphatic rings. The molecular weight excluding hydrogens is 274 g/mol. The first kappa shape index (κ1) is 15.0. The summed E-state index contributed by atoms with van der Waals surface area (Å²) in [7, 11) is 0. The predicted octanol–water partition coefficient (Wildman–Crippen LogP) is 2.80. The van der Waals surface area contributed by atoms with E-state index < -0.39 is 5.41 Å². The molecule has 1 aliphatic heterocycles. The van der Waals surface area contributed by atoms with E-state index in [1.54, 1.807) is 4.90 Å². The van der Waals surface area contributed by atoms with Crippen LogP contribution in [-0.4, -0.2) is 36.5 Å². The zero-order chi connectivity index (χ0) is 14.8. The van der Waals surface area contributed by atoms with Gasteiger partial charge in [-0.3, -0.25) is 9.59 Å². The number of thiophene rings is 1. The molecule has 2 heterocycles. The minimum Gasteiger partial charge on any atom is -0.466 e. The molecule has 0 N–H and O–H groups in total. The van der Waals surface area contributed by atoms with Crippen molar-refractivity contribution in [3.63, 3.8) is 0 Å². The van der Waals surface area contributed by atoms with Gasteiger partial charge < -0.3 is 9.64 Å². The van der Waals surface area contributed by atoms with Gasteiger partial charge in [-0.1, -0.05) is 13.8 Å². The largest absolute Gasteiger partial charge is 0.466 e. The lowest BCUT2D eigenvalue weighted by molar-refractivity contribution is -0.157. The minimum atomic E-state index is -0.554. The number of ether oxygens (including phenoxy) is 1. The number of carbonyl (C=O) groups excluding carboxylic acids is 2. The molecule has 2 rings (SSSR count). The van der Waals surface area contributed by atoms with Crippen LogP contribution in [0.1, 0.15) is 37.6 Å². The van der Waals surface area contributed by atoms with Gasteiger partial charge in [0.2, 0.25) is 0 Å². The fourth-order valence-corrected chi connectivity index (χ4v) is 3.35. The summed E-state index contributed by atoms with van der Waals surface area (Å²) in [5.74, 6) is -0.00415. The Morgan fingerprint density at radius 2 is 2.25 bits per heavy atom. The summed E-state index contributed by atoms with van der Waals surface area (Å²) in [6, 6.07) is 1.83. The van der Waals surface area contributed by atoms with E-state index in [0.29, 0.717) is 31.7 Å². The zero-order valence-corrected chi connectivity index (χ0v) is 13.0. The van der Waals surface area contributed by atoms with Gasteiger partial charge in [0, 0.05) is 18.5 Å². The van der Waals surface area contributed by atoms with E-state index in [9.17, 15) is 9.59 Å². The van der Waals surface area contributed by atoms with Crippen LogP contribution >= 0.6 is 11.3 Å². The lowest BCUT2D eigenvalue weighted by atomic mass is 9.76. The van der Waals surface area contributed by atoms with Gasteiger partial charge in [0.1, 0.15) is 0 Å². The van der Waals surface area contributed by atoms with E-state index in [-0.39, 0.29) is 17.8 Å². The van der Waals surface area contributed by atoms with E-state index in [0.717, 1.165) is 0 Å². The Bertz CT molecular complexity index is 483. The van der Waals surface area contributed by atoms with E-state index in [1.807, 2.05) is 37.6 Å². The predicted molar refractivity (Wildman–Crippen MR) is 78.7 cm³/mol. The fourth-order valence-electron chi connectivity index (χ4n) is 2.72. The summed E-state index contributed by atoms with van der Waals surface area (Å²) >= 11 is 1.51. The Balaban J connectivity index is 2.16. The van der Waals surface area contributed by atoms with Gasteiger partial charge in [-0.15, -0.1) is 0 Å². The highest BCUT2D eigenvalue weighted by Crippen LogP contribution is 2.39. The lowest BCUT2D eigenvalue weighted by Gasteiger charge is -2.30. The number of hydrogen-bond donors (Lipinski definition) is 0. The van der Waals surface area contributed by atoms with Gasteiger partial charge in [-0.05, 0) is 30.7 Å². The maximum atomic E-state index is 12.4. The molecule has 0 aromatic carbocycles. The topological polar surface area (TPSA) is 46.6 Å². The summed E-state index contributed by atoms with van der Waals surface area (Å²) in [5.41, 5.74) is 0.153. The highest BCUT2D eigenvalue weighted by atomic mass is 32.1. The molecule has 0 spiro atoms. The van der Waals surface area contributed by atoms with Crippen molar-refractivity contribution >= 4 is 23.2 Å². The average Bonchev–Trinajstić information content (AvgIpc) is 3.08. The van der Waals surface area contributed by atoms with Crippen molar-refractivity contribution in [2.75, 3.05) is 19.7 Å². The molecular formula is C15H21NO3S. The fraction of sp³-hybridized carbons (Fsp3) is 0.600. The van der Waals surface area contributed by atoms with Crippen LogP contribution in [-0.2, 0) is 9.53 Å². The zero-order valence-electron chi connectivity index (χ0n) is 12.2. The monoisotopic (exact) mass is 295 g/mol. The quantitative estimate of drug-likeness (QED) is 0.802. The van der Waals surface area contributed by atoms with Crippen LogP contribution in [0.3, 0.4) is 0 Å². The Morgan fingerprint density at radius 1 is 1.50 bits per heavy atom. The van der Waals surface area contributed by atoms with Crippen LogP contribution in [0.5, 0.6) is 0 Å². The molecule has 0 unspecified atom stereocenters. The van der Waals surface area contributed by atoms with Crippen LogP contribution in [0.4, 0.5) is 0 Å². The second-order valence-electron chi connectivity index (χ2n) is 5.52. The second-order valence-corrected chi connectivity index (χ2v) is 6.30. The van der Waals surface area contributed by atoms with E-state index in [4.69, 9.17) is 4.74 Å². The highest BCUT2D eigenvalue weighted by Gasteiger charge is 2.49. The molecule has 4 nitrogen and oxygen atoms in total. The molecule has 1 aromatic heterocycles. The number of carbonyl (C=O) groups is 2. The molecule has 1 atom stereocenters. The molecule has 1 amide bonds. The second kappa shape index (κ2) is 5.95. The summed E-state index contributed by atoms with van der Waals surface area (Å²) in [4.78, 5) is 26.5. The molecule has 0 saturated carbocycles. The first-order chi connectivity index (χ1) is 9.51. The standard InChI is InChI=1S/C15H21NO3S/c1-4-19-14(18)15(11(2)3)6-7-16(10-15)13(17)12-5-8-20-9-12/h5,8-9,11H,4,6-7,10H2,1-3H3/t15-/m0/s1. The summed E-state index contributed by atoms with van der Waals surface area (Å²) in [6.45, 7) is 7.32. The van der Waals surface area contributed by atoms with Crippen molar-refractivity contribution in [1.29, 1.82) is 0 Å². The van der Waals surface area contributed by atoms with Gasteiger partial charge in [0.15, 0.2) is 0 Å². The first-order valence-corrected chi connectivity index (χ1v) is 7.94. The molecule has 20 heavy (non-hydrogen) atoms. The summed E-state index contributed by atoms with van der Waals surface area (Å²) < 4.78 is 5.23. The van der Waals surface area contributed by atoms with Crippen molar-refractivity contribution in [2.45, 2.75) is 27.2 Å². The van der Waals surface area contributed by atoms with Gasteiger partial charge >= 0.3 is 5.97 Å². The lowest BCUT2D eigenvalue weighted by Crippen LogP contribution is -2.41. The van der Waals surface area contributed by atoms with Crippen LogP contribution in [0, 0.1) is 11.3 Å². The Morgan fingerprint density at radius 3 is 2.80 bits per heavy atom. The maximum Gasteiger partial charge on any atom is 0.314 e. The molecule has 0 radical (unpaired) electrons. The van der Waals surface area contributed by atoms with E-state index >= 15 is 0 Å². The average molecular weight is 295 g/mol. The number of amides is 1. The molecule has 0 bridgehead atoms. The SMILES string of the molecule is CCOC(=O)[C@@]1(C(C)C)CCN(C(=O)c2ccsc2)C1. The molecule has 1 fully saturated rings. The summed E-state index contributed by atoms with van der Waals surface area (Å²) in [6.07, 6.45) is 0.680. The number of hydrogen-bond acceptors (Lipinski definition) is 4. The number of rotatable bonds is 4. The third kappa shape index (κ3) is 2.59. The normalized spacial score (nSPS) is 22.3. The van der Waals surface area contributed by atoms with Crippen LogP contribution in [0.25, 0.3) is 0 Å². The number of nitrogens with zero attached hydrogens (tertiary/aromatic N) is 1. The van der Waals surface area contributed by atoms with Gasteiger partial charge in [-0.25, -0.2) is 0 Å². The number of likely N-dealkylation sites (tertiary alicyclic amines) is 1. The van der Waals surface area contributed by atoms with Crippen molar-refractivity contribution < 1.29 is 14.3 Å². The molecule has 110 valence electrons. The Kier molecular flexibility index (Phi) is 4.48. The van der Waals surface area contributed by atoms with Crippen LogP contribution in [0.15, 0.2) is 16.8 Å². The highest BCUT2D eigenvalue weighted by molar-refractivity contribution is 7.08. The van der Waals surface area contributed by atoms with Crippen molar-refractivity contribution in [1.82, 2.24) is 4.90 Å². The van der Waals surface area contributed by atoms with Crippen LogP contribution < -0.4 is 0 Å². The van der Waals surface area contributed by atoms with Gasteiger partial charge in [0.05, 0.1) is 17.6 Å². The molecule has 0 aliphatic carbocycles. The van der Waals surface area contributed by atoms with Crippen LogP contribution in [0.2, 0.25) is 0 Å². The molecule has 5 heteroatoms.